The molecule has 2 nitrogen and oxygen atoms in total. The smallest absolute Gasteiger partial charge is 0.0947 e. The van der Waals surface area contributed by atoms with Crippen LogP contribution >= 0.6 is 0 Å². The third-order valence-corrected chi connectivity index (χ3v) is 3.35. The zero-order valence-electron chi connectivity index (χ0n) is 11.6. The van der Waals surface area contributed by atoms with Crippen molar-refractivity contribution in [1.29, 1.82) is 0 Å². The number of ether oxygens (including phenoxy) is 1. The Hall–Kier alpha value is -0.0800. The predicted molar refractivity (Wildman–Crippen MR) is 71.4 cm³/mol. The van der Waals surface area contributed by atoms with Gasteiger partial charge in [0.1, 0.15) is 0 Å². The fraction of sp³-hybridized carbons (Fsp3) is 1.00. The summed E-state index contributed by atoms with van der Waals surface area (Å²) < 4.78 is 5.91. The van der Waals surface area contributed by atoms with E-state index in [2.05, 4.69) is 20.8 Å². The van der Waals surface area contributed by atoms with Gasteiger partial charge in [-0.1, -0.05) is 59.3 Å². The van der Waals surface area contributed by atoms with Gasteiger partial charge in [0.15, 0.2) is 0 Å². The van der Waals surface area contributed by atoms with Crippen molar-refractivity contribution < 1.29 is 4.74 Å². The van der Waals surface area contributed by atoms with Gasteiger partial charge in [0.05, 0.1) is 12.3 Å². The average Bonchev–Trinajstić information content (AvgIpc) is 2.31. The number of nitrogens with two attached hydrogens (primary N) is 1. The predicted octanol–water partition coefficient (Wildman–Crippen LogP) is 4.23. The van der Waals surface area contributed by atoms with Crippen LogP contribution in [-0.2, 0) is 4.74 Å². The minimum absolute atomic E-state index is 0.0801. The molecule has 0 bridgehead atoms. The summed E-state index contributed by atoms with van der Waals surface area (Å²) in [6.45, 7) is 7.10. The molecule has 0 aromatic carbocycles. The van der Waals surface area contributed by atoms with Gasteiger partial charge < -0.3 is 10.5 Å². The van der Waals surface area contributed by atoms with Gasteiger partial charge in [0.25, 0.3) is 0 Å². The van der Waals surface area contributed by atoms with Gasteiger partial charge in [-0.3, -0.25) is 0 Å². The SMILES string of the molecule is CCCCC(CCCC)(CCCC)OCN. The Morgan fingerprint density at radius 1 is 0.812 bits per heavy atom. The van der Waals surface area contributed by atoms with Crippen LogP contribution in [0, 0.1) is 0 Å². The summed E-state index contributed by atoms with van der Waals surface area (Å²) in [4.78, 5) is 0. The van der Waals surface area contributed by atoms with Crippen LogP contribution in [0.25, 0.3) is 0 Å². The summed E-state index contributed by atoms with van der Waals surface area (Å²) in [6, 6.07) is 0. The van der Waals surface area contributed by atoms with Crippen LogP contribution in [-0.4, -0.2) is 12.3 Å². The molecular formula is C14H31NO. The van der Waals surface area contributed by atoms with Crippen LogP contribution in [0.4, 0.5) is 0 Å². The van der Waals surface area contributed by atoms with E-state index in [0.717, 1.165) is 0 Å². The summed E-state index contributed by atoms with van der Waals surface area (Å²) >= 11 is 0. The molecule has 0 radical (unpaired) electrons. The van der Waals surface area contributed by atoms with E-state index < -0.39 is 0 Å². The highest BCUT2D eigenvalue weighted by Gasteiger charge is 2.28. The van der Waals surface area contributed by atoms with Crippen molar-refractivity contribution in [3.63, 3.8) is 0 Å². The summed E-state index contributed by atoms with van der Waals surface area (Å²) in [5.41, 5.74) is 5.69. The van der Waals surface area contributed by atoms with Crippen LogP contribution in [0.3, 0.4) is 0 Å². The van der Waals surface area contributed by atoms with Crippen molar-refractivity contribution in [1.82, 2.24) is 0 Å². The van der Waals surface area contributed by atoms with E-state index in [-0.39, 0.29) is 5.60 Å². The number of rotatable bonds is 11. The number of hydrogen-bond donors (Lipinski definition) is 1. The molecule has 16 heavy (non-hydrogen) atoms. The molecule has 0 fully saturated rings. The largest absolute Gasteiger partial charge is 0.360 e. The zero-order chi connectivity index (χ0) is 12.3. The van der Waals surface area contributed by atoms with E-state index in [1.807, 2.05) is 0 Å². The maximum Gasteiger partial charge on any atom is 0.0947 e. The van der Waals surface area contributed by atoms with Gasteiger partial charge in [-0.15, -0.1) is 0 Å². The van der Waals surface area contributed by atoms with Crippen molar-refractivity contribution in [2.45, 2.75) is 84.2 Å². The lowest BCUT2D eigenvalue weighted by Gasteiger charge is -2.34. The fourth-order valence-electron chi connectivity index (χ4n) is 2.27. The third kappa shape index (κ3) is 6.49. The highest BCUT2D eigenvalue weighted by Crippen LogP contribution is 2.31. The molecule has 0 amide bonds. The highest BCUT2D eigenvalue weighted by atomic mass is 16.5. The van der Waals surface area contributed by atoms with Gasteiger partial charge in [-0.05, 0) is 19.3 Å². The Kier molecular flexibility index (Phi) is 10.0. The first kappa shape index (κ1) is 15.9. The van der Waals surface area contributed by atoms with Gasteiger partial charge in [-0.25, -0.2) is 0 Å². The molecule has 0 spiro atoms. The van der Waals surface area contributed by atoms with Crippen LogP contribution in [0.2, 0.25) is 0 Å². The summed E-state index contributed by atoms with van der Waals surface area (Å²) in [7, 11) is 0. The Morgan fingerprint density at radius 3 is 1.44 bits per heavy atom. The molecule has 0 aromatic heterocycles. The van der Waals surface area contributed by atoms with Gasteiger partial charge in [-0.2, -0.15) is 0 Å². The summed E-state index contributed by atoms with van der Waals surface area (Å²) in [6.07, 6.45) is 11.0. The molecule has 0 aliphatic rings. The normalized spacial score (nSPS) is 12.0. The first-order valence-corrected chi connectivity index (χ1v) is 7.08. The van der Waals surface area contributed by atoms with Gasteiger partial charge >= 0.3 is 0 Å². The first-order chi connectivity index (χ1) is 7.74. The number of unbranched alkanes of at least 4 members (excludes halogenated alkanes) is 3. The van der Waals surface area contributed by atoms with Crippen LogP contribution in [0.5, 0.6) is 0 Å². The lowest BCUT2D eigenvalue weighted by molar-refractivity contribution is -0.0648. The minimum atomic E-state index is 0.0801. The summed E-state index contributed by atoms with van der Waals surface area (Å²) in [5.74, 6) is 0. The van der Waals surface area contributed by atoms with Crippen molar-refractivity contribution in [3.05, 3.63) is 0 Å². The van der Waals surface area contributed by atoms with E-state index in [0.29, 0.717) is 6.73 Å². The summed E-state index contributed by atoms with van der Waals surface area (Å²) in [5, 5.41) is 0. The molecule has 2 N–H and O–H groups in total. The highest BCUT2D eigenvalue weighted by molar-refractivity contribution is 4.80. The molecule has 0 aliphatic carbocycles. The Balaban J connectivity index is 4.32. The Morgan fingerprint density at radius 2 is 1.19 bits per heavy atom. The quantitative estimate of drug-likeness (QED) is 0.538. The van der Waals surface area contributed by atoms with E-state index in [4.69, 9.17) is 10.5 Å². The van der Waals surface area contributed by atoms with Crippen LogP contribution < -0.4 is 5.73 Å². The van der Waals surface area contributed by atoms with E-state index >= 15 is 0 Å². The van der Waals surface area contributed by atoms with Crippen molar-refractivity contribution in [3.8, 4) is 0 Å². The molecule has 0 aliphatic heterocycles. The zero-order valence-corrected chi connectivity index (χ0v) is 11.6. The molecule has 98 valence electrons. The molecule has 0 saturated carbocycles. The molecule has 0 saturated heterocycles. The molecule has 2 heteroatoms. The third-order valence-electron chi connectivity index (χ3n) is 3.35. The monoisotopic (exact) mass is 229 g/mol. The molecule has 0 unspecified atom stereocenters. The molecule has 0 rings (SSSR count). The molecular weight excluding hydrogens is 198 g/mol. The van der Waals surface area contributed by atoms with Crippen molar-refractivity contribution in [2.75, 3.05) is 6.73 Å². The van der Waals surface area contributed by atoms with Crippen LogP contribution in [0.15, 0.2) is 0 Å². The van der Waals surface area contributed by atoms with E-state index in [1.165, 1.54) is 57.8 Å². The minimum Gasteiger partial charge on any atom is -0.360 e. The molecule has 0 atom stereocenters. The van der Waals surface area contributed by atoms with Crippen molar-refractivity contribution >= 4 is 0 Å². The lowest BCUT2D eigenvalue weighted by atomic mass is 9.86. The molecule has 0 heterocycles. The topological polar surface area (TPSA) is 35.2 Å². The maximum absolute atomic E-state index is 5.91. The first-order valence-electron chi connectivity index (χ1n) is 7.08. The van der Waals surface area contributed by atoms with Gasteiger partial charge in [0.2, 0.25) is 0 Å². The second kappa shape index (κ2) is 10.1. The lowest BCUT2D eigenvalue weighted by Crippen LogP contribution is -2.35. The standard InChI is InChI=1S/C14H31NO/c1-4-7-10-14(16-13-15,11-8-5-2)12-9-6-3/h4-13,15H2,1-3H3. The van der Waals surface area contributed by atoms with E-state index in [1.54, 1.807) is 0 Å². The average molecular weight is 229 g/mol. The number of hydrogen-bond acceptors (Lipinski definition) is 2. The van der Waals surface area contributed by atoms with Crippen molar-refractivity contribution in [2.24, 2.45) is 5.73 Å². The molecule has 0 aromatic rings. The fourth-order valence-corrected chi connectivity index (χ4v) is 2.27. The van der Waals surface area contributed by atoms with Crippen LogP contribution in [0.1, 0.15) is 78.6 Å². The second-order valence-electron chi connectivity index (χ2n) is 4.80. The Bertz CT molecular complexity index is 126. The Labute approximate surface area is 102 Å². The second-order valence-corrected chi connectivity index (χ2v) is 4.80. The maximum atomic E-state index is 5.91. The van der Waals surface area contributed by atoms with E-state index in [9.17, 15) is 0 Å². The van der Waals surface area contributed by atoms with Gasteiger partial charge in [0, 0.05) is 0 Å².